The summed E-state index contributed by atoms with van der Waals surface area (Å²) in [5, 5.41) is 41.6. The summed E-state index contributed by atoms with van der Waals surface area (Å²) in [6.07, 6.45) is 12.7. The number of aromatic nitrogens is 3. The van der Waals surface area contributed by atoms with Crippen LogP contribution in [0.25, 0.3) is 32.9 Å². The molecule has 5 aliphatic rings. The topological polar surface area (TPSA) is 222 Å². The highest BCUT2D eigenvalue weighted by Gasteiger charge is 2.45. The number of likely N-dealkylation sites (tertiary alicyclic amines) is 2. The molecule has 5 aromatic rings. The number of benzene rings is 3. The molecular formula is C60H71F2N11O7. The minimum atomic E-state index is -0.977. The summed E-state index contributed by atoms with van der Waals surface area (Å²) >= 11 is 0. The number of aliphatic hydroxyl groups is 1. The lowest BCUT2D eigenvalue weighted by atomic mass is 9.85. The van der Waals surface area contributed by atoms with Crippen LogP contribution in [0.1, 0.15) is 103 Å². The van der Waals surface area contributed by atoms with Gasteiger partial charge in [-0.2, -0.15) is 15.2 Å². The summed E-state index contributed by atoms with van der Waals surface area (Å²) in [6, 6.07) is 13.6. The van der Waals surface area contributed by atoms with Gasteiger partial charge in [-0.25, -0.2) is 8.78 Å². The van der Waals surface area contributed by atoms with Gasteiger partial charge in [-0.1, -0.05) is 44.9 Å². The number of β-amino-alcohol motifs (C(OH)–C–C–N with tert-alkyl or cyclic N) is 1. The fourth-order valence-electron chi connectivity index (χ4n) is 12.3. The second kappa shape index (κ2) is 23.8. The summed E-state index contributed by atoms with van der Waals surface area (Å²) in [5.41, 5.74) is 0.964. The van der Waals surface area contributed by atoms with Gasteiger partial charge in [0.25, 0.3) is 0 Å². The first-order valence-electron chi connectivity index (χ1n) is 28.1. The van der Waals surface area contributed by atoms with E-state index < -0.39 is 53.1 Å². The van der Waals surface area contributed by atoms with Crippen molar-refractivity contribution in [3.05, 3.63) is 77.5 Å². The Morgan fingerprint density at radius 2 is 1.74 bits per heavy atom. The first-order chi connectivity index (χ1) is 38.5. The largest absolute Gasteiger partial charge is 0.508 e. The molecule has 20 heteroatoms. The average Bonchev–Trinajstić information content (AvgIpc) is 4.28. The Balaban J connectivity index is 0.730. The van der Waals surface area contributed by atoms with E-state index in [1.165, 1.54) is 35.4 Å². The number of terminal acetylenes is 1. The van der Waals surface area contributed by atoms with E-state index in [4.69, 9.17) is 20.9 Å². The molecule has 5 aliphatic heterocycles. The number of carbonyl (C=O) groups is 3. The van der Waals surface area contributed by atoms with Crippen LogP contribution >= 0.6 is 0 Å². The van der Waals surface area contributed by atoms with E-state index in [9.17, 15) is 29.9 Å². The van der Waals surface area contributed by atoms with Crippen LogP contribution in [0, 0.1) is 40.7 Å². The van der Waals surface area contributed by atoms with Crippen molar-refractivity contribution in [2.75, 3.05) is 68.9 Å². The minimum absolute atomic E-state index is 0.00781. The minimum Gasteiger partial charge on any atom is -0.508 e. The van der Waals surface area contributed by atoms with Crippen molar-refractivity contribution in [2.24, 2.45) is 5.41 Å². The number of ether oxygens (including phenoxy) is 2. The van der Waals surface area contributed by atoms with Gasteiger partial charge in [-0.3, -0.25) is 24.3 Å². The fraction of sp³-hybridized carbons (Fsp3) is 0.517. The number of phenols is 1. The number of halogens is 2. The molecule has 7 heterocycles. The molecule has 8 atom stereocenters. The van der Waals surface area contributed by atoms with E-state index in [1.54, 1.807) is 0 Å². The summed E-state index contributed by atoms with van der Waals surface area (Å²) in [6.45, 7) is 11.8. The Morgan fingerprint density at radius 1 is 0.975 bits per heavy atom. The molecule has 0 saturated carbocycles. The molecule has 10 rings (SSSR count). The zero-order valence-corrected chi connectivity index (χ0v) is 45.9. The zero-order chi connectivity index (χ0) is 56.4. The predicted octanol–water partition coefficient (Wildman–Crippen LogP) is 6.25. The first-order valence-corrected chi connectivity index (χ1v) is 28.1. The maximum absolute atomic E-state index is 17.1. The molecule has 2 aromatic heterocycles. The van der Waals surface area contributed by atoms with Gasteiger partial charge in [0.15, 0.2) is 5.82 Å². The Hall–Kier alpha value is -7.23. The molecule has 3 amide bonds. The Morgan fingerprint density at radius 3 is 2.48 bits per heavy atom. The van der Waals surface area contributed by atoms with Gasteiger partial charge in [-0.05, 0) is 105 Å². The van der Waals surface area contributed by atoms with Crippen LogP contribution in [-0.2, 0) is 19.1 Å². The normalized spacial score (nSPS) is 22.8. The lowest BCUT2D eigenvalue weighted by Gasteiger charge is -2.35. The van der Waals surface area contributed by atoms with Gasteiger partial charge in [0.1, 0.15) is 53.3 Å². The second-order valence-electron chi connectivity index (χ2n) is 23.1. The number of anilines is 2. The van der Waals surface area contributed by atoms with Gasteiger partial charge in [-0.15, -0.1) is 6.42 Å². The number of amides is 3. The van der Waals surface area contributed by atoms with E-state index in [0.29, 0.717) is 49.3 Å². The molecule has 0 spiro atoms. The van der Waals surface area contributed by atoms with Crippen LogP contribution in [0.4, 0.5) is 20.3 Å². The molecule has 0 aliphatic carbocycles. The number of aromatic hydroxyl groups is 1. The number of nitrogens with one attached hydrogen (secondary N) is 3. The standard InChI is InChI=1S/C60H71F2N11O7/c1-6-45-48(61)19-14-37-26-43(74)27-46(51(37)45)53-52(62)54-47(30-64-53)56(71-31-38-15-16-39(32-71)66-38)69-59(68-54)80-34-42-11-7-21-70(42)22-9-24-79-25-20-50(76)67-55(60(3,4)5)58(78)73-33-44(75)28-49(73)57(77)65-35(2)36-12-17-40(18-13-36)72-23-8-10-41(72)29-63/h1,12-14,17-19,26-27,30,35,38-39,41-42,44,49,55,66,74-75H,7-11,15-16,20-25,28,31-34H2,2-5H3,(H,65,77)(H,67,76)/t35-,38?,39?,41-,42-,44+,49-,55+/m0/s1. The second-order valence-corrected chi connectivity index (χ2v) is 23.1. The Kier molecular flexibility index (Phi) is 16.7. The third kappa shape index (κ3) is 12.0. The third-order valence-corrected chi connectivity index (χ3v) is 16.5. The van der Waals surface area contributed by atoms with E-state index in [0.717, 1.165) is 62.9 Å². The van der Waals surface area contributed by atoms with Crippen molar-refractivity contribution in [1.29, 1.82) is 5.26 Å². The number of piperazine rings is 1. The van der Waals surface area contributed by atoms with Crippen LogP contribution in [0.15, 0.2) is 54.7 Å². The van der Waals surface area contributed by atoms with E-state index in [1.807, 2.05) is 52.0 Å². The molecule has 422 valence electrons. The Bertz CT molecular complexity index is 3210. The maximum Gasteiger partial charge on any atom is 0.319 e. The Labute approximate surface area is 465 Å². The number of aliphatic hydroxyl groups excluding tert-OH is 1. The third-order valence-electron chi connectivity index (χ3n) is 16.5. The molecular weight excluding hydrogens is 1020 g/mol. The number of hydrogen-bond donors (Lipinski definition) is 5. The van der Waals surface area contributed by atoms with Crippen LogP contribution in [0.5, 0.6) is 11.8 Å². The van der Waals surface area contributed by atoms with Crippen molar-refractivity contribution in [3.8, 4) is 41.4 Å². The number of nitrogens with zero attached hydrogens (tertiary/aromatic N) is 8. The molecule has 5 fully saturated rings. The number of hydrogen-bond acceptors (Lipinski definition) is 15. The average molecular weight is 1100 g/mol. The van der Waals surface area contributed by atoms with Crippen LogP contribution in [-0.4, -0.2) is 154 Å². The lowest BCUT2D eigenvalue weighted by Crippen LogP contribution is -2.58. The molecule has 18 nitrogen and oxygen atoms in total. The number of pyridine rings is 1. The van der Waals surface area contributed by atoms with Gasteiger partial charge in [0.2, 0.25) is 17.7 Å². The molecule has 2 bridgehead atoms. The molecule has 0 radical (unpaired) electrons. The lowest BCUT2D eigenvalue weighted by molar-refractivity contribution is -0.144. The van der Waals surface area contributed by atoms with Gasteiger partial charge >= 0.3 is 6.01 Å². The van der Waals surface area contributed by atoms with E-state index >= 15 is 8.78 Å². The molecule has 3 aromatic carbocycles. The predicted molar refractivity (Wildman–Crippen MR) is 299 cm³/mol. The summed E-state index contributed by atoms with van der Waals surface area (Å²) < 4.78 is 44.5. The summed E-state index contributed by atoms with van der Waals surface area (Å²) in [4.78, 5) is 63.5. The molecule has 5 saturated heterocycles. The highest BCUT2D eigenvalue weighted by molar-refractivity contribution is 6.03. The number of carbonyl (C=O) groups excluding carboxylic acids is 3. The number of rotatable bonds is 18. The van der Waals surface area contributed by atoms with E-state index in [-0.39, 0.29) is 102 Å². The molecule has 80 heavy (non-hydrogen) atoms. The van der Waals surface area contributed by atoms with Crippen molar-refractivity contribution >= 4 is 50.9 Å². The first kappa shape index (κ1) is 56.1. The zero-order valence-electron chi connectivity index (χ0n) is 45.9. The quantitative estimate of drug-likeness (QED) is 0.0483. The van der Waals surface area contributed by atoms with E-state index in [2.05, 4.69) is 52.6 Å². The van der Waals surface area contributed by atoms with Crippen LogP contribution in [0.3, 0.4) is 0 Å². The molecule has 2 unspecified atom stereocenters. The highest BCUT2D eigenvalue weighted by Crippen LogP contribution is 2.40. The number of fused-ring (bicyclic) bond motifs is 4. The van der Waals surface area contributed by atoms with Gasteiger partial charge in [0, 0.05) is 93.1 Å². The monoisotopic (exact) mass is 1100 g/mol. The SMILES string of the molecule is C#Cc1c(F)ccc2cc(O)cc(-c3ncc4c(N5CC6CCC(C5)N6)nc(OC[C@@H]5CCCN5CCCOCCC(=O)N[C@H](C(=O)N5C[C@H](O)C[C@H]5C(=O)N[C@@H](C)c5ccc(N6CCC[C@H]6C#N)cc5)C(C)(C)C)nc4c3F)c12. The van der Waals surface area contributed by atoms with Crippen molar-refractivity contribution < 1.29 is 42.9 Å². The van der Waals surface area contributed by atoms with Crippen molar-refractivity contribution in [3.63, 3.8) is 0 Å². The summed E-state index contributed by atoms with van der Waals surface area (Å²) in [5.74, 6) is 0.0719. The smallest absolute Gasteiger partial charge is 0.319 e. The highest BCUT2D eigenvalue weighted by atomic mass is 19.1. The number of phenolic OH excluding ortho intramolecular Hbond substituents is 1. The molecule has 5 N–H and O–H groups in total. The van der Waals surface area contributed by atoms with Crippen molar-refractivity contribution in [1.82, 2.24) is 40.7 Å². The summed E-state index contributed by atoms with van der Waals surface area (Å²) in [7, 11) is 0. The maximum atomic E-state index is 17.1. The van der Waals surface area contributed by atoms with Gasteiger partial charge < -0.3 is 50.3 Å². The fourth-order valence-corrected chi connectivity index (χ4v) is 12.3. The number of nitriles is 1. The van der Waals surface area contributed by atoms with Crippen LogP contribution in [0.2, 0.25) is 0 Å². The van der Waals surface area contributed by atoms with Crippen LogP contribution < -0.4 is 30.5 Å². The van der Waals surface area contributed by atoms with Gasteiger partial charge in [0.05, 0.1) is 35.8 Å². The van der Waals surface area contributed by atoms with Crippen molar-refractivity contribution in [2.45, 2.75) is 134 Å².